The monoisotopic (exact) mass is 254 g/mol. The highest BCUT2D eigenvalue weighted by atomic mass is 16.4. The molecule has 3 N–H and O–H groups in total. The highest BCUT2D eigenvalue weighted by molar-refractivity contribution is 6.00. The van der Waals surface area contributed by atoms with E-state index in [0.717, 1.165) is 10.9 Å². The average Bonchev–Trinajstić information content (AvgIpc) is 2.90. The van der Waals surface area contributed by atoms with E-state index in [4.69, 9.17) is 10.9 Å². The van der Waals surface area contributed by atoms with Crippen molar-refractivity contribution < 1.29 is 5.21 Å². The number of oxime groups is 1. The van der Waals surface area contributed by atoms with E-state index < -0.39 is 0 Å². The molecule has 0 saturated heterocycles. The molecule has 2 heterocycles. The van der Waals surface area contributed by atoms with Crippen LogP contribution in [0.25, 0.3) is 16.7 Å². The molecule has 94 valence electrons. The largest absolute Gasteiger partial charge is 0.409 e. The van der Waals surface area contributed by atoms with Crippen molar-refractivity contribution in [1.82, 2.24) is 20.0 Å². The van der Waals surface area contributed by atoms with Gasteiger partial charge in [0.1, 0.15) is 0 Å². The first kappa shape index (κ1) is 11.1. The third-order valence-electron chi connectivity index (χ3n) is 2.76. The molecule has 3 rings (SSSR count). The van der Waals surface area contributed by atoms with Crippen LogP contribution in [-0.2, 0) is 0 Å². The van der Waals surface area contributed by atoms with Gasteiger partial charge in [-0.1, -0.05) is 23.4 Å². The van der Waals surface area contributed by atoms with Gasteiger partial charge < -0.3 is 10.9 Å². The number of nitrogens with two attached hydrogens (primary N) is 1. The van der Waals surface area contributed by atoms with Gasteiger partial charge >= 0.3 is 0 Å². The minimum atomic E-state index is -0.0375. The Balaban J connectivity index is 2.28. The molecule has 0 fully saturated rings. The molecule has 1 aromatic carbocycles. The Labute approximate surface area is 108 Å². The Kier molecular flexibility index (Phi) is 2.57. The summed E-state index contributed by atoms with van der Waals surface area (Å²) >= 11 is 0. The molecular weight excluding hydrogens is 244 g/mol. The van der Waals surface area contributed by atoms with Crippen molar-refractivity contribution in [3.8, 4) is 5.82 Å². The quantitative estimate of drug-likeness (QED) is 0.306. The fourth-order valence-electron chi connectivity index (χ4n) is 1.88. The standard InChI is InChI=1S/C12H10N6O/c13-11(17-19)9-5-6-14-16-12(9)18-10-4-2-1-3-8(10)7-15-18/h1-7,19H,(H2,13,17). The van der Waals surface area contributed by atoms with Crippen molar-refractivity contribution in [2.24, 2.45) is 10.9 Å². The van der Waals surface area contributed by atoms with Gasteiger partial charge in [-0.2, -0.15) is 10.2 Å². The Morgan fingerprint density at radius 1 is 1.26 bits per heavy atom. The molecular formula is C12H10N6O. The molecule has 0 amide bonds. The smallest absolute Gasteiger partial charge is 0.187 e. The molecule has 2 aromatic heterocycles. The number of aromatic nitrogens is 4. The fraction of sp³-hybridized carbons (Fsp3) is 0. The van der Waals surface area contributed by atoms with Crippen LogP contribution in [0.5, 0.6) is 0 Å². The number of fused-ring (bicyclic) bond motifs is 1. The lowest BCUT2D eigenvalue weighted by atomic mass is 10.2. The fourth-order valence-corrected chi connectivity index (χ4v) is 1.88. The van der Waals surface area contributed by atoms with Crippen LogP contribution in [0.4, 0.5) is 0 Å². The van der Waals surface area contributed by atoms with E-state index in [1.807, 2.05) is 24.3 Å². The van der Waals surface area contributed by atoms with Crippen molar-refractivity contribution in [2.75, 3.05) is 0 Å². The number of para-hydroxylation sites is 1. The Morgan fingerprint density at radius 2 is 2.11 bits per heavy atom. The van der Waals surface area contributed by atoms with Crippen LogP contribution in [0.15, 0.2) is 47.9 Å². The van der Waals surface area contributed by atoms with Crippen molar-refractivity contribution in [3.05, 3.63) is 48.3 Å². The van der Waals surface area contributed by atoms with Crippen LogP contribution >= 0.6 is 0 Å². The van der Waals surface area contributed by atoms with Crippen molar-refractivity contribution in [3.63, 3.8) is 0 Å². The summed E-state index contributed by atoms with van der Waals surface area (Å²) in [7, 11) is 0. The van der Waals surface area contributed by atoms with Crippen LogP contribution < -0.4 is 5.73 Å². The first-order chi connectivity index (χ1) is 9.31. The van der Waals surface area contributed by atoms with Crippen molar-refractivity contribution in [1.29, 1.82) is 0 Å². The molecule has 0 aliphatic rings. The molecule has 0 aliphatic heterocycles. The summed E-state index contributed by atoms with van der Waals surface area (Å²) in [5, 5.41) is 24.9. The summed E-state index contributed by atoms with van der Waals surface area (Å²) in [4.78, 5) is 0. The molecule has 19 heavy (non-hydrogen) atoms. The van der Waals surface area contributed by atoms with Gasteiger partial charge in [-0.15, -0.1) is 5.10 Å². The second-order valence-corrected chi connectivity index (χ2v) is 3.87. The first-order valence-corrected chi connectivity index (χ1v) is 5.54. The topological polar surface area (TPSA) is 102 Å². The normalized spacial score (nSPS) is 11.9. The summed E-state index contributed by atoms with van der Waals surface area (Å²) in [6.45, 7) is 0. The summed E-state index contributed by atoms with van der Waals surface area (Å²) in [6.07, 6.45) is 3.20. The molecule has 0 radical (unpaired) electrons. The van der Waals surface area contributed by atoms with Crippen molar-refractivity contribution in [2.45, 2.75) is 0 Å². The minimum absolute atomic E-state index is 0.0375. The van der Waals surface area contributed by atoms with Gasteiger partial charge in [0.15, 0.2) is 11.7 Å². The highest BCUT2D eigenvalue weighted by Gasteiger charge is 2.13. The third-order valence-corrected chi connectivity index (χ3v) is 2.76. The zero-order valence-corrected chi connectivity index (χ0v) is 9.80. The molecule has 7 nitrogen and oxygen atoms in total. The van der Waals surface area contributed by atoms with Crippen LogP contribution in [0.1, 0.15) is 5.56 Å². The predicted molar refractivity (Wildman–Crippen MR) is 69.2 cm³/mol. The van der Waals surface area contributed by atoms with Gasteiger partial charge in [0.2, 0.25) is 0 Å². The zero-order valence-electron chi connectivity index (χ0n) is 9.80. The van der Waals surface area contributed by atoms with E-state index >= 15 is 0 Å². The second kappa shape index (κ2) is 4.37. The number of amidine groups is 1. The Morgan fingerprint density at radius 3 is 2.95 bits per heavy atom. The number of hydrogen-bond donors (Lipinski definition) is 2. The van der Waals surface area contributed by atoms with E-state index in [1.54, 1.807) is 16.9 Å². The van der Waals surface area contributed by atoms with Gasteiger partial charge in [-0.3, -0.25) is 0 Å². The molecule has 0 bridgehead atoms. The van der Waals surface area contributed by atoms with Gasteiger partial charge in [0.25, 0.3) is 0 Å². The van der Waals surface area contributed by atoms with Crippen molar-refractivity contribution >= 4 is 16.7 Å². The van der Waals surface area contributed by atoms with Crippen LogP contribution in [0.3, 0.4) is 0 Å². The van der Waals surface area contributed by atoms with Gasteiger partial charge in [-0.25, -0.2) is 4.68 Å². The number of benzene rings is 1. The molecule has 0 aliphatic carbocycles. The SMILES string of the molecule is N/C(=N/O)c1ccnnc1-n1ncc2ccccc21. The minimum Gasteiger partial charge on any atom is -0.409 e. The molecule has 0 unspecified atom stereocenters. The molecule has 0 spiro atoms. The van der Waals surface area contributed by atoms with Crippen LogP contribution in [0.2, 0.25) is 0 Å². The summed E-state index contributed by atoms with van der Waals surface area (Å²) in [5.74, 6) is 0.378. The molecule has 0 saturated carbocycles. The van der Waals surface area contributed by atoms with Gasteiger partial charge in [0, 0.05) is 5.39 Å². The van der Waals surface area contributed by atoms with Gasteiger partial charge in [-0.05, 0) is 12.1 Å². The molecule has 7 heteroatoms. The lowest BCUT2D eigenvalue weighted by Gasteiger charge is -2.06. The second-order valence-electron chi connectivity index (χ2n) is 3.87. The number of rotatable bonds is 2. The summed E-state index contributed by atoms with van der Waals surface area (Å²) < 4.78 is 1.61. The van der Waals surface area contributed by atoms with E-state index in [1.165, 1.54) is 6.20 Å². The van der Waals surface area contributed by atoms with E-state index in [-0.39, 0.29) is 5.84 Å². The van der Waals surface area contributed by atoms with Gasteiger partial charge in [0.05, 0.1) is 23.5 Å². The molecule has 0 atom stereocenters. The van der Waals surface area contributed by atoms with Crippen LogP contribution in [-0.4, -0.2) is 31.0 Å². The predicted octanol–water partition coefficient (Wildman–Crippen LogP) is 0.910. The Hall–Kier alpha value is -2.96. The lowest BCUT2D eigenvalue weighted by Crippen LogP contribution is -2.18. The number of nitrogens with zero attached hydrogens (tertiary/aromatic N) is 5. The number of hydrogen-bond acceptors (Lipinski definition) is 5. The summed E-state index contributed by atoms with van der Waals surface area (Å²) in [6, 6.07) is 9.30. The van der Waals surface area contributed by atoms with Crippen LogP contribution in [0, 0.1) is 0 Å². The van der Waals surface area contributed by atoms with E-state index in [0.29, 0.717) is 11.4 Å². The Bertz CT molecular complexity index is 764. The zero-order chi connectivity index (χ0) is 13.2. The maximum absolute atomic E-state index is 8.81. The lowest BCUT2D eigenvalue weighted by molar-refractivity contribution is 0.318. The molecule has 3 aromatic rings. The van der Waals surface area contributed by atoms with E-state index in [9.17, 15) is 0 Å². The maximum Gasteiger partial charge on any atom is 0.187 e. The summed E-state index contributed by atoms with van der Waals surface area (Å²) in [5.41, 5.74) is 6.97. The average molecular weight is 254 g/mol. The van der Waals surface area contributed by atoms with E-state index in [2.05, 4.69) is 20.5 Å². The first-order valence-electron chi connectivity index (χ1n) is 5.54. The third kappa shape index (κ3) is 1.77. The highest BCUT2D eigenvalue weighted by Crippen LogP contribution is 2.18. The maximum atomic E-state index is 8.81.